The highest BCUT2D eigenvalue weighted by Crippen LogP contribution is 2.35. The number of carbonyl (C=O) groups excluding carboxylic acids is 1. The van der Waals surface area contributed by atoms with Crippen molar-refractivity contribution in [1.29, 1.82) is 0 Å². The Morgan fingerprint density at radius 1 is 1.33 bits per heavy atom. The molecule has 0 fully saturated rings. The molecule has 3 aromatic rings. The molecule has 0 aliphatic carbocycles. The van der Waals surface area contributed by atoms with Crippen molar-refractivity contribution in [2.75, 3.05) is 6.79 Å². The van der Waals surface area contributed by atoms with E-state index in [9.17, 15) is 4.79 Å². The quantitative estimate of drug-likeness (QED) is 0.757. The van der Waals surface area contributed by atoms with E-state index in [1.165, 1.54) is 0 Å². The molecule has 4 rings (SSSR count). The molecule has 0 radical (unpaired) electrons. The summed E-state index contributed by atoms with van der Waals surface area (Å²) in [6.07, 6.45) is 3.57. The summed E-state index contributed by atoms with van der Waals surface area (Å²) in [6.45, 7) is 0.631. The molecule has 8 heteroatoms. The summed E-state index contributed by atoms with van der Waals surface area (Å²) in [5, 5.41) is 13.8. The third kappa shape index (κ3) is 2.69. The maximum absolute atomic E-state index is 12.2. The van der Waals surface area contributed by atoms with Gasteiger partial charge in [0.25, 0.3) is 5.91 Å². The van der Waals surface area contributed by atoms with Gasteiger partial charge in [-0.15, -0.1) is 0 Å². The molecule has 2 aromatic heterocycles. The molecule has 1 aromatic carbocycles. The van der Waals surface area contributed by atoms with Crippen LogP contribution in [0.4, 0.5) is 0 Å². The van der Waals surface area contributed by atoms with Gasteiger partial charge in [-0.25, -0.2) is 0 Å². The zero-order valence-electron chi connectivity index (χ0n) is 12.9. The Kier molecular flexibility index (Phi) is 3.42. The monoisotopic (exact) mass is 325 g/mol. The van der Waals surface area contributed by atoms with E-state index in [2.05, 4.69) is 20.6 Å². The van der Waals surface area contributed by atoms with Crippen molar-refractivity contribution in [2.45, 2.75) is 6.54 Å². The molecule has 1 aliphatic rings. The molecule has 2 N–H and O–H groups in total. The van der Waals surface area contributed by atoms with Gasteiger partial charge in [-0.1, -0.05) is 0 Å². The molecule has 0 saturated carbocycles. The van der Waals surface area contributed by atoms with Crippen LogP contribution in [-0.4, -0.2) is 32.7 Å². The highest BCUT2D eigenvalue weighted by atomic mass is 16.7. The lowest BCUT2D eigenvalue weighted by Gasteiger charge is -2.00. The summed E-state index contributed by atoms with van der Waals surface area (Å²) in [6, 6.07) is 7.25. The van der Waals surface area contributed by atoms with Crippen LogP contribution in [0.3, 0.4) is 0 Å². The number of nitrogens with one attached hydrogen (secondary N) is 2. The van der Waals surface area contributed by atoms with Crippen LogP contribution in [0.1, 0.15) is 16.1 Å². The van der Waals surface area contributed by atoms with E-state index in [0.717, 1.165) is 11.1 Å². The molecule has 3 heterocycles. The summed E-state index contributed by atoms with van der Waals surface area (Å²) in [4.78, 5) is 12.2. The number of hydrogen-bond acceptors (Lipinski definition) is 5. The number of nitrogens with zero attached hydrogens (tertiary/aromatic N) is 3. The number of carbonyl (C=O) groups is 1. The molecule has 0 saturated heterocycles. The van der Waals surface area contributed by atoms with Gasteiger partial charge in [0.2, 0.25) is 6.79 Å². The number of amides is 1. The smallest absolute Gasteiger partial charge is 0.269 e. The van der Waals surface area contributed by atoms with Crippen LogP contribution in [0.15, 0.2) is 36.7 Å². The number of fused-ring (bicyclic) bond motifs is 1. The Morgan fingerprint density at radius 2 is 2.21 bits per heavy atom. The highest BCUT2D eigenvalue weighted by Gasteiger charge is 2.16. The zero-order chi connectivity index (χ0) is 16.5. The van der Waals surface area contributed by atoms with Gasteiger partial charge in [0, 0.05) is 30.9 Å². The van der Waals surface area contributed by atoms with Gasteiger partial charge in [0.15, 0.2) is 11.5 Å². The second-order valence-corrected chi connectivity index (χ2v) is 5.44. The van der Waals surface area contributed by atoms with Crippen molar-refractivity contribution >= 4 is 5.91 Å². The van der Waals surface area contributed by atoms with E-state index in [1.54, 1.807) is 16.9 Å². The van der Waals surface area contributed by atoms with Crippen molar-refractivity contribution in [3.63, 3.8) is 0 Å². The first-order valence-corrected chi connectivity index (χ1v) is 7.40. The Hall–Kier alpha value is -3.29. The lowest BCUT2D eigenvalue weighted by Crippen LogP contribution is -2.22. The van der Waals surface area contributed by atoms with Crippen LogP contribution in [-0.2, 0) is 13.6 Å². The topological polar surface area (TPSA) is 94.1 Å². The molecule has 122 valence electrons. The van der Waals surface area contributed by atoms with Crippen LogP contribution < -0.4 is 14.8 Å². The maximum atomic E-state index is 12.2. The summed E-state index contributed by atoms with van der Waals surface area (Å²) in [5.41, 5.74) is 2.84. The highest BCUT2D eigenvalue weighted by molar-refractivity contribution is 5.93. The number of hydrogen-bond donors (Lipinski definition) is 2. The third-order valence-corrected chi connectivity index (χ3v) is 3.70. The summed E-state index contributed by atoms with van der Waals surface area (Å²) < 4.78 is 12.3. The van der Waals surface area contributed by atoms with E-state index in [0.29, 0.717) is 29.4 Å². The lowest BCUT2D eigenvalue weighted by molar-refractivity contribution is 0.0946. The van der Waals surface area contributed by atoms with Crippen LogP contribution in [0.2, 0.25) is 0 Å². The minimum Gasteiger partial charge on any atom is -0.454 e. The van der Waals surface area contributed by atoms with Gasteiger partial charge in [0.05, 0.1) is 11.9 Å². The zero-order valence-corrected chi connectivity index (χ0v) is 12.9. The standard InChI is InChI=1S/C16H15N5O3/c1-21-8-10(7-18-21)6-17-16(22)13-5-12(19-20-13)11-2-3-14-15(4-11)24-9-23-14/h2-5,7-8H,6,9H2,1H3,(H,17,22)(H,19,20). The van der Waals surface area contributed by atoms with E-state index in [4.69, 9.17) is 9.47 Å². The fourth-order valence-corrected chi connectivity index (χ4v) is 2.48. The lowest BCUT2D eigenvalue weighted by atomic mass is 10.1. The van der Waals surface area contributed by atoms with Crippen molar-refractivity contribution in [1.82, 2.24) is 25.3 Å². The first-order valence-electron chi connectivity index (χ1n) is 7.40. The predicted octanol–water partition coefficient (Wildman–Crippen LogP) is 1.47. The first-order chi connectivity index (χ1) is 11.7. The average Bonchev–Trinajstić information content (AvgIpc) is 3.32. The van der Waals surface area contributed by atoms with Crippen molar-refractivity contribution in [2.24, 2.45) is 7.05 Å². The number of H-pyrrole nitrogens is 1. The second-order valence-electron chi connectivity index (χ2n) is 5.44. The Morgan fingerprint density at radius 3 is 3.04 bits per heavy atom. The Balaban J connectivity index is 1.47. The number of aryl methyl sites for hydroxylation is 1. The third-order valence-electron chi connectivity index (χ3n) is 3.70. The molecular weight excluding hydrogens is 310 g/mol. The molecule has 0 spiro atoms. The van der Waals surface area contributed by atoms with Crippen molar-refractivity contribution in [3.05, 3.63) is 47.9 Å². The van der Waals surface area contributed by atoms with Crippen molar-refractivity contribution in [3.8, 4) is 22.8 Å². The minimum atomic E-state index is -0.224. The van der Waals surface area contributed by atoms with E-state index in [-0.39, 0.29) is 12.7 Å². The van der Waals surface area contributed by atoms with Crippen LogP contribution in [0.25, 0.3) is 11.3 Å². The number of ether oxygens (including phenoxy) is 2. The molecular formula is C16H15N5O3. The molecule has 0 unspecified atom stereocenters. The molecule has 0 bridgehead atoms. The molecule has 0 atom stereocenters. The maximum Gasteiger partial charge on any atom is 0.269 e. The fourth-order valence-electron chi connectivity index (χ4n) is 2.48. The number of benzene rings is 1. The van der Waals surface area contributed by atoms with Gasteiger partial charge in [-0.05, 0) is 24.3 Å². The number of rotatable bonds is 4. The van der Waals surface area contributed by atoms with E-state index in [1.807, 2.05) is 31.4 Å². The fraction of sp³-hybridized carbons (Fsp3) is 0.188. The van der Waals surface area contributed by atoms with Gasteiger partial charge in [0.1, 0.15) is 5.69 Å². The van der Waals surface area contributed by atoms with Crippen molar-refractivity contribution < 1.29 is 14.3 Å². The Bertz CT molecular complexity index is 899. The Labute approximate surface area is 137 Å². The van der Waals surface area contributed by atoms with Crippen LogP contribution in [0, 0.1) is 0 Å². The van der Waals surface area contributed by atoms with Gasteiger partial charge >= 0.3 is 0 Å². The molecule has 8 nitrogen and oxygen atoms in total. The van der Waals surface area contributed by atoms with Gasteiger partial charge in [-0.3, -0.25) is 14.6 Å². The summed E-state index contributed by atoms with van der Waals surface area (Å²) >= 11 is 0. The minimum absolute atomic E-state index is 0.224. The van der Waals surface area contributed by atoms with E-state index >= 15 is 0 Å². The second kappa shape index (κ2) is 5.73. The number of aromatic amines is 1. The molecule has 1 amide bonds. The summed E-state index contributed by atoms with van der Waals surface area (Å²) in [7, 11) is 1.83. The van der Waals surface area contributed by atoms with Crippen LogP contribution in [0.5, 0.6) is 11.5 Å². The largest absolute Gasteiger partial charge is 0.454 e. The van der Waals surface area contributed by atoms with E-state index < -0.39 is 0 Å². The average molecular weight is 325 g/mol. The summed E-state index contributed by atoms with van der Waals surface area (Å²) in [5.74, 6) is 1.17. The first kappa shape index (κ1) is 14.3. The van der Waals surface area contributed by atoms with Gasteiger partial charge in [-0.2, -0.15) is 10.2 Å². The van der Waals surface area contributed by atoms with Crippen LogP contribution >= 0.6 is 0 Å². The van der Waals surface area contributed by atoms with Gasteiger partial charge < -0.3 is 14.8 Å². The normalized spacial score (nSPS) is 12.4. The molecule has 24 heavy (non-hydrogen) atoms. The molecule has 1 aliphatic heterocycles. The predicted molar refractivity (Wildman–Crippen MR) is 84.5 cm³/mol. The number of aromatic nitrogens is 4. The SMILES string of the molecule is Cn1cc(CNC(=O)c2cc(-c3ccc4c(c3)OCO4)n[nH]2)cn1.